The highest BCUT2D eigenvalue weighted by Crippen LogP contribution is 2.55. The monoisotopic (exact) mass is 356 g/mol. The molecule has 0 heterocycles. The SMILES string of the molecule is Cc1ccc(CNC(=O)NC2CC3(CCC3)C2)cc1OCC(F)(F)F. The van der Waals surface area contributed by atoms with Crippen molar-refractivity contribution in [2.75, 3.05) is 6.61 Å². The van der Waals surface area contributed by atoms with Gasteiger partial charge in [-0.2, -0.15) is 13.2 Å². The molecule has 2 aliphatic rings. The number of hydrogen-bond donors (Lipinski definition) is 2. The fourth-order valence-electron chi connectivity index (χ4n) is 3.66. The van der Waals surface area contributed by atoms with E-state index in [9.17, 15) is 18.0 Å². The number of ether oxygens (including phenoxy) is 1. The summed E-state index contributed by atoms with van der Waals surface area (Å²) in [6, 6.07) is 4.99. The molecule has 25 heavy (non-hydrogen) atoms. The Labute approximate surface area is 145 Å². The van der Waals surface area contributed by atoms with E-state index in [0.29, 0.717) is 16.5 Å². The third-order valence-corrected chi connectivity index (χ3v) is 5.21. The lowest BCUT2D eigenvalue weighted by Crippen LogP contribution is -2.55. The molecule has 4 nitrogen and oxygen atoms in total. The number of carbonyl (C=O) groups is 1. The second-order valence-corrected chi connectivity index (χ2v) is 7.29. The second kappa shape index (κ2) is 6.77. The lowest BCUT2D eigenvalue weighted by atomic mass is 9.54. The fraction of sp³-hybridized carbons (Fsp3) is 0.611. The molecule has 2 aliphatic carbocycles. The van der Waals surface area contributed by atoms with E-state index in [1.165, 1.54) is 25.3 Å². The Hall–Kier alpha value is -1.92. The summed E-state index contributed by atoms with van der Waals surface area (Å²) in [5, 5.41) is 5.70. The Bertz CT molecular complexity index is 634. The standard InChI is InChI=1S/C18H23F3N2O2/c1-12-3-4-13(7-15(12)25-11-18(19,20)21)10-22-16(24)23-14-8-17(9-14)5-2-6-17/h3-4,7,14H,2,5-6,8-11H2,1H3,(H2,22,23,24). The van der Waals surface area contributed by atoms with Crippen LogP contribution in [0.1, 0.15) is 43.2 Å². The fourth-order valence-corrected chi connectivity index (χ4v) is 3.66. The average Bonchev–Trinajstić information content (AvgIpc) is 2.45. The molecule has 0 bridgehead atoms. The number of nitrogens with one attached hydrogen (secondary N) is 2. The van der Waals surface area contributed by atoms with E-state index in [0.717, 1.165) is 12.8 Å². The van der Waals surface area contributed by atoms with Gasteiger partial charge in [0.2, 0.25) is 0 Å². The zero-order valence-corrected chi connectivity index (χ0v) is 14.2. The first-order valence-corrected chi connectivity index (χ1v) is 8.58. The topological polar surface area (TPSA) is 50.4 Å². The molecule has 7 heteroatoms. The Balaban J connectivity index is 1.45. The summed E-state index contributed by atoms with van der Waals surface area (Å²) >= 11 is 0. The molecule has 138 valence electrons. The summed E-state index contributed by atoms with van der Waals surface area (Å²) < 4.78 is 41.7. The molecule has 2 fully saturated rings. The van der Waals surface area contributed by atoms with Crippen molar-refractivity contribution in [3.63, 3.8) is 0 Å². The molecule has 1 spiro atoms. The van der Waals surface area contributed by atoms with Gasteiger partial charge in [-0.25, -0.2) is 4.79 Å². The lowest BCUT2D eigenvalue weighted by Gasteiger charge is -2.54. The van der Waals surface area contributed by atoms with E-state index >= 15 is 0 Å². The van der Waals surface area contributed by atoms with Gasteiger partial charge in [0, 0.05) is 12.6 Å². The number of aryl methyl sites for hydroxylation is 1. The van der Waals surface area contributed by atoms with Crippen molar-refractivity contribution in [2.24, 2.45) is 5.41 Å². The first-order chi connectivity index (χ1) is 11.7. The van der Waals surface area contributed by atoms with Crippen LogP contribution in [0.2, 0.25) is 0 Å². The summed E-state index contributed by atoms with van der Waals surface area (Å²) in [6.07, 6.45) is 1.58. The van der Waals surface area contributed by atoms with Crippen LogP contribution >= 0.6 is 0 Å². The maximum atomic E-state index is 12.3. The zero-order valence-electron chi connectivity index (χ0n) is 14.2. The van der Waals surface area contributed by atoms with Crippen LogP contribution < -0.4 is 15.4 Å². The number of carbonyl (C=O) groups excluding carboxylic acids is 1. The van der Waals surface area contributed by atoms with E-state index in [1.807, 2.05) is 0 Å². The number of urea groups is 1. The number of benzene rings is 1. The quantitative estimate of drug-likeness (QED) is 0.836. The third kappa shape index (κ3) is 4.58. The summed E-state index contributed by atoms with van der Waals surface area (Å²) in [6.45, 7) is 0.601. The van der Waals surface area contributed by atoms with Gasteiger partial charge in [0.15, 0.2) is 6.61 Å². The van der Waals surface area contributed by atoms with Gasteiger partial charge in [-0.05, 0) is 55.2 Å². The van der Waals surface area contributed by atoms with E-state index in [-0.39, 0.29) is 24.4 Å². The molecular formula is C18H23F3N2O2. The Morgan fingerprint density at radius 3 is 2.64 bits per heavy atom. The number of alkyl halides is 3. The van der Waals surface area contributed by atoms with Gasteiger partial charge in [0.25, 0.3) is 0 Å². The molecule has 0 radical (unpaired) electrons. The molecule has 0 unspecified atom stereocenters. The molecule has 0 atom stereocenters. The summed E-state index contributed by atoms with van der Waals surface area (Å²) in [5.74, 6) is 0.183. The average molecular weight is 356 g/mol. The van der Waals surface area contributed by atoms with Crippen LogP contribution in [-0.2, 0) is 6.54 Å². The highest BCUT2D eigenvalue weighted by atomic mass is 19.4. The first kappa shape index (κ1) is 17.9. The minimum atomic E-state index is -4.37. The van der Waals surface area contributed by atoms with Crippen LogP contribution in [0.3, 0.4) is 0 Å². The largest absolute Gasteiger partial charge is 0.484 e. The van der Waals surface area contributed by atoms with Gasteiger partial charge < -0.3 is 15.4 Å². The number of halogens is 3. The van der Waals surface area contributed by atoms with Crippen molar-refractivity contribution in [1.29, 1.82) is 0 Å². The van der Waals surface area contributed by atoms with E-state index in [1.54, 1.807) is 19.1 Å². The van der Waals surface area contributed by atoms with Crippen LogP contribution in [0, 0.1) is 12.3 Å². The van der Waals surface area contributed by atoms with Crippen LogP contribution in [0.15, 0.2) is 18.2 Å². The van der Waals surface area contributed by atoms with Gasteiger partial charge in [0.05, 0.1) is 0 Å². The molecule has 0 aliphatic heterocycles. The molecule has 0 aromatic heterocycles. The Morgan fingerprint density at radius 1 is 1.32 bits per heavy atom. The van der Waals surface area contributed by atoms with Crippen molar-refractivity contribution < 1.29 is 22.7 Å². The van der Waals surface area contributed by atoms with Crippen LogP contribution in [0.5, 0.6) is 5.75 Å². The molecule has 2 N–H and O–H groups in total. The normalized spacial score (nSPS) is 19.0. The smallest absolute Gasteiger partial charge is 0.422 e. The van der Waals surface area contributed by atoms with Gasteiger partial charge >= 0.3 is 12.2 Å². The summed E-state index contributed by atoms with van der Waals surface area (Å²) in [4.78, 5) is 11.9. The maximum Gasteiger partial charge on any atom is 0.422 e. The van der Waals surface area contributed by atoms with Crippen LogP contribution in [0.4, 0.5) is 18.0 Å². The third-order valence-electron chi connectivity index (χ3n) is 5.21. The Morgan fingerprint density at radius 2 is 2.04 bits per heavy atom. The minimum Gasteiger partial charge on any atom is -0.484 e. The van der Waals surface area contributed by atoms with Gasteiger partial charge in [-0.1, -0.05) is 18.6 Å². The van der Waals surface area contributed by atoms with E-state index in [4.69, 9.17) is 4.74 Å². The highest BCUT2D eigenvalue weighted by molar-refractivity contribution is 5.74. The van der Waals surface area contributed by atoms with Crippen molar-refractivity contribution in [3.8, 4) is 5.75 Å². The molecule has 3 rings (SSSR count). The van der Waals surface area contributed by atoms with Crippen molar-refractivity contribution in [3.05, 3.63) is 29.3 Å². The number of hydrogen-bond acceptors (Lipinski definition) is 2. The maximum absolute atomic E-state index is 12.3. The first-order valence-electron chi connectivity index (χ1n) is 8.58. The van der Waals surface area contributed by atoms with Crippen molar-refractivity contribution >= 4 is 6.03 Å². The van der Waals surface area contributed by atoms with E-state index in [2.05, 4.69) is 10.6 Å². The highest BCUT2D eigenvalue weighted by Gasteiger charge is 2.48. The number of rotatable bonds is 5. The van der Waals surface area contributed by atoms with Crippen LogP contribution in [0.25, 0.3) is 0 Å². The molecule has 1 aromatic rings. The van der Waals surface area contributed by atoms with Crippen molar-refractivity contribution in [1.82, 2.24) is 10.6 Å². The molecule has 0 saturated heterocycles. The molecular weight excluding hydrogens is 333 g/mol. The summed E-state index contributed by atoms with van der Waals surface area (Å²) in [7, 11) is 0. The number of amides is 2. The molecule has 2 amide bonds. The van der Waals surface area contributed by atoms with Crippen molar-refractivity contribution in [2.45, 2.75) is 57.8 Å². The second-order valence-electron chi connectivity index (χ2n) is 7.29. The van der Waals surface area contributed by atoms with Gasteiger partial charge in [-0.3, -0.25) is 0 Å². The lowest BCUT2D eigenvalue weighted by molar-refractivity contribution is -0.153. The van der Waals surface area contributed by atoms with Gasteiger partial charge in [-0.15, -0.1) is 0 Å². The molecule has 2 saturated carbocycles. The predicted molar refractivity (Wildman–Crippen MR) is 87.4 cm³/mol. The Kier molecular flexibility index (Phi) is 4.84. The van der Waals surface area contributed by atoms with E-state index < -0.39 is 12.8 Å². The van der Waals surface area contributed by atoms with Crippen LogP contribution in [-0.4, -0.2) is 24.9 Å². The summed E-state index contributed by atoms with van der Waals surface area (Å²) in [5.41, 5.74) is 1.82. The predicted octanol–water partition coefficient (Wildman–Crippen LogP) is 4.07. The molecule has 1 aromatic carbocycles. The zero-order chi connectivity index (χ0) is 18.1. The van der Waals surface area contributed by atoms with Gasteiger partial charge in [0.1, 0.15) is 5.75 Å². The minimum absolute atomic E-state index is 0.183.